The van der Waals surface area contributed by atoms with Crippen molar-refractivity contribution in [3.63, 3.8) is 0 Å². The fourth-order valence-corrected chi connectivity index (χ4v) is 5.88. The van der Waals surface area contributed by atoms with Crippen LogP contribution in [0.3, 0.4) is 0 Å². The third-order valence-electron chi connectivity index (χ3n) is 5.00. The summed E-state index contributed by atoms with van der Waals surface area (Å²) in [7, 11) is -3.93. The monoisotopic (exact) mass is 532 g/mol. The minimum absolute atomic E-state index is 0.124. The van der Waals surface area contributed by atoms with Gasteiger partial charge in [-0.2, -0.15) is 11.8 Å². The van der Waals surface area contributed by atoms with Crippen molar-refractivity contribution in [1.29, 1.82) is 0 Å². The number of halogens is 1. The number of benzene rings is 3. The smallest absolute Gasteiger partial charge is 0.264 e. The van der Waals surface area contributed by atoms with E-state index in [0.29, 0.717) is 24.6 Å². The Labute approximate surface area is 216 Å². The second-order valence-corrected chi connectivity index (χ2v) is 11.0. The first-order valence-corrected chi connectivity index (χ1v) is 14.3. The predicted octanol–water partition coefficient (Wildman–Crippen LogP) is 5.37. The molecule has 0 saturated carbocycles. The Hall–Kier alpha value is -2.68. The molecule has 3 rings (SSSR count). The van der Waals surface area contributed by atoms with Crippen molar-refractivity contribution in [2.45, 2.75) is 24.0 Å². The van der Waals surface area contributed by atoms with Gasteiger partial charge in [0.2, 0.25) is 5.91 Å². The van der Waals surface area contributed by atoms with Gasteiger partial charge < -0.3 is 10.1 Å². The molecule has 0 spiro atoms. The maximum atomic E-state index is 13.4. The lowest BCUT2D eigenvalue weighted by Gasteiger charge is -2.24. The first-order valence-electron chi connectivity index (χ1n) is 11.3. The van der Waals surface area contributed by atoms with Crippen LogP contribution in [-0.4, -0.2) is 39.8 Å². The first-order chi connectivity index (χ1) is 16.9. The van der Waals surface area contributed by atoms with Crippen LogP contribution in [-0.2, 0) is 20.6 Å². The number of amides is 1. The van der Waals surface area contributed by atoms with E-state index in [0.717, 1.165) is 32.8 Å². The van der Waals surface area contributed by atoms with Crippen LogP contribution in [0.4, 0.5) is 5.69 Å². The highest BCUT2D eigenvalue weighted by molar-refractivity contribution is 7.98. The molecule has 186 valence electrons. The molecular formula is C26H29ClN2O4S2. The molecular weight excluding hydrogens is 504 g/mol. The molecule has 35 heavy (non-hydrogen) atoms. The molecule has 0 aliphatic heterocycles. The van der Waals surface area contributed by atoms with Gasteiger partial charge in [0.1, 0.15) is 12.3 Å². The number of sulfonamides is 1. The average Bonchev–Trinajstić information content (AvgIpc) is 2.86. The Morgan fingerprint density at radius 1 is 1.03 bits per heavy atom. The zero-order valence-electron chi connectivity index (χ0n) is 19.5. The highest BCUT2D eigenvalue weighted by Gasteiger charge is 2.27. The minimum atomic E-state index is -3.93. The number of anilines is 1. The Morgan fingerprint density at radius 3 is 2.46 bits per heavy atom. The number of hydrogen-bond acceptors (Lipinski definition) is 5. The maximum Gasteiger partial charge on any atom is 0.264 e. The normalized spacial score (nSPS) is 11.1. The van der Waals surface area contributed by atoms with Crippen LogP contribution < -0.4 is 14.4 Å². The zero-order valence-corrected chi connectivity index (χ0v) is 21.9. The summed E-state index contributed by atoms with van der Waals surface area (Å²) in [5, 5.41) is 3.56. The minimum Gasteiger partial charge on any atom is -0.494 e. The Bertz CT molecular complexity index is 1190. The van der Waals surface area contributed by atoms with Gasteiger partial charge in [-0.05, 0) is 73.2 Å². The molecule has 3 aromatic rings. The third-order valence-corrected chi connectivity index (χ3v) is 8.14. The molecule has 0 aliphatic carbocycles. The van der Waals surface area contributed by atoms with Crippen LogP contribution in [0.5, 0.6) is 5.75 Å². The van der Waals surface area contributed by atoms with Crippen LogP contribution >= 0.6 is 23.4 Å². The number of carbonyl (C=O) groups excluding carboxylic acids is 1. The van der Waals surface area contributed by atoms with Crippen LogP contribution in [0.1, 0.15) is 18.9 Å². The largest absolute Gasteiger partial charge is 0.494 e. The van der Waals surface area contributed by atoms with E-state index in [9.17, 15) is 13.2 Å². The summed E-state index contributed by atoms with van der Waals surface area (Å²) >= 11 is 7.77. The number of carbonyl (C=O) groups is 1. The molecule has 0 aliphatic rings. The second kappa shape index (κ2) is 13.4. The quantitative estimate of drug-likeness (QED) is 0.299. The van der Waals surface area contributed by atoms with Crippen LogP contribution in [0.15, 0.2) is 83.8 Å². The van der Waals surface area contributed by atoms with Gasteiger partial charge in [-0.25, -0.2) is 8.42 Å². The Morgan fingerprint density at radius 2 is 1.77 bits per heavy atom. The summed E-state index contributed by atoms with van der Waals surface area (Å²) < 4.78 is 33.3. The van der Waals surface area contributed by atoms with Crippen molar-refractivity contribution in [2.24, 2.45) is 0 Å². The van der Waals surface area contributed by atoms with Gasteiger partial charge in [0, 0.05) is 17.3 Å². The SMILES string of the molecule is CCOc1ccc(N(CC(=O)NCCCSCc2cccc(Cl)c2)S(=O)(=O)c2ccccc2)cc1. The summed E-state index contributed by atoms with van der Waals surface area (Å²) in [5.41, 5.74) is 1.55. The van der Waals surface area contributed by atoms with E-state index in [1.54, 1.807) is 54.2 Å². The van der Waals surface area contributed by atoms with Crippen molar-refractivity contribution >= 4 is 45.0 Å². The van der Waals surface area contributed by atoms with Gasteiger partial charge in [0.25, 0.3) is 10.0 Å². The lowest BCUT2D eigenvalue weighted by molar-refractivity contribution is -0.119. The standard InChI is InChI=1S/C26H29ClN2O4S2/c1-2-33-24-14-12-23(13-15-24)29(35(31,32)25-10-4-3-5-11-25)19-26(30)28-16-7-17-34-20-21-8-6-9-22(27)18-21/h3-6,8-15,18H,2,7,16-17,19-20H2,1H3,(H,28,30). The van der Waals surface area contributed by atoms with E-state index in [2.05, 4.69) is 5.32 Å². The summed E-state index contributed by atoms with van der Waals surface area (Å²) in [5.74, 6) is 1.97. The molecule has 0 heterocycles. The number of thioether (sulfide) groups is 1. The van der Waals surface area contributed by atoms with Crippen molar-refractivity contribution < 1.29 is 17.9 Å². The van der Waals surface area contributed by atoms with E-state index in [1.807, 2.05) is 31.2 Å². The molecule has 9 heteroatoms. The fourth-order valence-electron chi connectivity index (χ4n) is 3.32. The van der Waals surface area contributed by atoms with Gasteiger partial charge in [-0.1, -0.05) is 41.9 Å². The molecule has 0 saturated heterocycles. The molecule has 0 aromatic heterocycles. The van der Waals surface area contributed by atoms with E-state index in [4.69, 9.17) is 16.3 Å². The number of nitrogens with zero attached hydrogens (tertiary/aromatic N) is 1. The Balaban J connectivity index is 1.59. The topological polar surface area (TPSA) is 75.7 Å². The Kier molecular flexibility index (Phi) is 10.3. The second-order valence-electron chi connectivity index (χ2n) is 7.64. The van der Waals surface area contributed by atoms with Crippen molar-refractivity contribution in [2.75, 3.05) is 29.8 Å². The van der Waals surface area contributed by atoms with E-state index in [-0.39, 0.29) is 17.3 Å². The highest BCUT2D eigenvalue weighted by atomic mass is 35.5. The van der Waals surface area contributed by atoms with Crippen LogP contribution in [0, 0.1) is 0 Å². The van der Waals surface area contributed by atoms with Gasteiger partial charge in [-0.3, -0.25) is 9.10 Å². The lowest BCUT2D eigenvalue weighted by atomic mass is 10.2. The molecule has 0 atom stereocenters. The third kappa shape index (κ3) is 8.19. The van der Waals surface area contributed by atoms with Gasteiger partial charge in [-0.15, -0.1) is 0 Å². The maximum absolute atomic E-state index is 13.4. The number of hydrogen-bond donors (Lipinski definition) is 1. The lowest BCUT2D eigenvalue weighted by Crippen LogP contribution is -2.41. The van der Waals surface area contributed by atoms with Crippen molar-refractivity contribution in [3.8, 4) is 5.75 Å². The van der Waals surface area contributed by atoms with Gasteiger partial charge in [0.15, 0.2) is 0 Å². The first kappa shape index (κ1) is 26.9. The fraction of sp³-hybridized carbons (Fsp3) is 0.269. The number of nitrogens with one attached hydrogen (secondary N) is 1. The van der Waals surface area contributed by atoms with E-state index < -0.39 is 10.0 Å². The molecule has 3 aromatic carbocycles. The summed E-state index contributed by atoms with van der Waals surface area (Å²) in [4.78, 5) is 12.8. The predicted molar refractivity (Wildman–Crippen MR) is 144 cm³/mol. The highest BCUT2D eigenvalue weighted by Crippen LogP contribution is 2.26. The zero-order chi connectivity index (χ0) is 25.1. The van der Waals surface area contributed by atoms with E-state index in [1.165, 1.54) is 12.1 Å². The molecule has 1 N–H and O–H groups in total. The summed E-state index contributed by atoms with van der Waals surface area (Å²) in [6, 6.07) is 22.5. The molecule has 0 fully saturated rings. The molecule has 6 nitrogen and oxygen atoms in total. The van der Waals surface area contributed by atoms with Crippen LogP contribution in [0.25, 0.3) is 0 Å². The number of ether oxygens (including phenoxy) is 1. The summed E-state index contributed by atoms with van der Waals surface area (Å²) in [6.45, 7) is 2.52. The van der Waals surface area contributed by atoms with Gasteiger partial charge >= 0.3 is 0 Å². The molecule has 0 radical (unpaired) electrons. The number of rotatable bonds is 13. The molecule has 1 amide bonds. The van der Waals surface area contributed by atoms with Crippen LogP contribution in [0.2, 0.25) is 5.02 Å². The van der Waals surface area contributed by atoms with E-state index >= 15 is 0 Å². The van der Waals surface area contributed by atoms with Crippen molar-refractivity contribution in [1.82, 2.24) is 5.32 Å². The summed E-state index contributed by atoms with van der Waals surface area (Å²) in [6.07, 6.45) is 0.769. The molecule has 0 unspecified atom stereocenters. The average molecular weight is 533 g/mol. The van der Waals surface area contributed by atoms with Gasteiger partial charge in [0.05, 0.1) is 17.2 Å². The van der Waals surface area contributed by atoms with Crippen molar-refractivity contribution in [3.05, 3.63) is 89.4 Å². The molecule has 0 bridgehead atoms.